The van der Waals surface area contributed by atoms with Crippen molar-refractivity contribution in [2.75, 3.05) is 6.54 Å². The highest BCUT2D eigenvalue weighted by atomic mass is 16.6. The van der Waals surface area contributed by atoms with Crippen molar-refractivity contribution in [3.63, 3.8) is 0 Å². The molecule has 0 heterocycles. The first kappa shape index (κ1) is 43.6. The summed E-state index contributed by atoms with van der Waals surface area (Å²) < 4.78 is 5.21. The van der Waals surface area contributed by atoms with E-state index < -0.39 is 63.6 Å². The third-order valence-electron chi connectivity index (χ3n) is 8.70. The van der Waals surface area contributed by atoms with Crippen LogP contribution in [0.2, 0.25) is 0 Å². The van der Waals surface area contributed by atoms with Gasteiger partial charge in [-0.2, -0.15) is 0 Å². The molecule has 0 saturated carbocycles. The van der Waals surface area contributed by atoms with Crippen LogP contribution in [0.15, 0.2) is 102 Å². The average Bonchev–Trinajstić information content (AvgIpc) is 3.16. The van der Waals surface area contributed by atoms with Gasteiger partial charge in [-0.3, -0.25) is 9.59 Å². The lowest BCUT2D eigenvalue weighted by Gasteiger charge is -2.19. The molecule has 0 bridgehead atoms. The van der Waals surface area contributed by atoms with Crippen LogP contribution in [-0.2, 0) is 27.2 Å². The first-order valence-corrected chi connectivity index (χ1v) is 17.2. The van der Waals surface area contributed by atoms with Crippen molar-refractivity contribution in [3.05, 3.63) is 136 Å². The number of carboxylic acid groups (broad SMARTS) is 4. The molecule has 10 N–H and O–H groups in total. The highest BCUT2D eigenvalue weighted by Crippen LogP contribution is 2.36. The molecular formula is C42H37NO16. The van der Waals surface area contributed by atoms with Crippen LogP contribution in [-0.4, -0.2) is 88.3 Å². The van der Waals surface area contributed by atoms with E-state index in [2.05, 4.69) is 5.32 Å². The van der Waals surface area contributed by atoms with Crippen molar-refractivity contribution in [2.45, 2.75) is 26.7 Å². The Morgan fingerprint density at radius 2 is 1.17 bits per heavy atom. The van der Waals surface area contributed by atoms with Crippen molar-refractivity contribution in [2.24, 2.45) is 5.41 Å². The van der Waals surface area contributed by atoms with E-state index in [0.29, 0.717) is 17.5 Å². The Balaban J connectivity index is 0.000000431. The van der Waals surface area contributed by atoms with Gasteiger partial charge in [0.15, 0.2) is 28.8 Å². The fraction of sp³-hybridized carbons (Fsp3) is 0.143. The van der Waals surface area contributed by atoms with Gasteiger partial charge in [0.05, 0.1) is 5.41 Å². The molecule has 1 amide bonds. The number of carboxylic acids is 4. The first-order chi connectivity index (χ1) is 27.7. The zero-order valence-corrected chi connectivity index (χ0v) is 31.2. The van der Waals surface area contributed by atoms with Crippen LogP contribution >= 0.6 is 0 Å². The summed E-state index contributed by atoms with van der Waals surface area (Å²) in [6.07, 6.45) is 2.89. The summed E-state index contributed by atoms with van der Waals surface area (Å²) in [5.41, 5.74) is -0.673. The van der Waals surface area contributed by atoms with Gasteiger partial charge in [0.25, 0.3) is 0 Å². The summed E-state index contributed by atoms with van der Waals surface area (Å²) in [4.78, 5) is 71.0. The molecule has 4 aromatic rings. The fourth-order valence-electron chi connectivity index (χ4n) is 5.59. The number of allylic oxidation sites excluding steroid dienone is 4. The predicted molar refractivity (Wildman–Crippen MR) is 207 cm³/mol. The quantitative estimate of drug-likeness (QED) is 0.0646. The number of phenolic OH excluding ortho intramolecular Hbond substituents is 4. The number of aromatic hydroxyl groups is 5. The number of phenols is 5. The smallest absolute Gasteiger partial charge is 0.412 e. The van der Waals surface area contributed by atoms with Crippen molar-refractivity contribution in [3.8, 4) is 34.5 Å². The summed E-state index contributed by atoms with van der Waals surface area (Å²) in [7, 11) is 0. The number of aromatic carboxylic acids is 2. The molecular weight excluding hydrogens is 774 g/mol. The number of ether oxygens (including phenoxy) is 1. The Bertz CT molecular complexity index is 2460. The Labute approximate surface area is 334 Å². The number of hydrogen-bond donors (Lipinski definition) is 10. The minimum atomic E-state index is -1.52. The van der Waals surface area contributed by atoms with E-state index >= 15 is 0 Å². The van der Waals surface area contributed by atoms with Gasteiger partial charge in [-0.25, -0.2) is 19.2 Å². The van der Waals surface area contributed by atoms with Gasteiger partial charge in [0, 0.05) is 6.54 Å². The number of benzene rings is 4. The summed E-state index contributed by atoms with van der Waals surface area (Å²) in [6.45, 7) is 3.26. The number of rotatable bonds is 12. The van der Waals surface area contributed by atoms with E-state index in [1.54, 1.807) is 19.9 Å². The summed E-state index contributed by atoms with van der Waals surface area (Å²) in [5.74, 6) is -8.12. The molecule has 0 atom stereocenters. The average molecular weight is 812 g/mol. The van der Waals surface area contributed by atoms with E-state index in [9.17, 15) is 64.5 Å². The number of hydrogen-bond acceptors (Lipinski definition) is 12. The lowest BCUT2D eigenvalue weighted by Crippen LogP contribution is -2.29. The number of carbonyl (C=O) groups excluding carboxylic acids is 2. The van der Waals surface area contributed by atoms with Gasteiger partial charge >= 0.3 is 30.0 Å². The minimum absolute atomic E-state index is 0.0375. The number of nitrogens with one attached hydrogen (secondary N) is 1. The molecule has 0 saturated heterocycles. The van der Waals surface area contributed by atoms with E-state index in [-0.39, 0.29) is 64.0 Å². The maximum absolute atomic E-state index is 12.4. The molecule has 59 heavy (non-hydrogen) atoms. The second-order valence-electron chi connectivity index (χ2n) is 13.5. The summed E-state index contributed by atoms with van der Waals surface area (Å²) in [5, 5.41) is 87.6. The van der Waals surface area contributed by atoms with E-state index in [0.717, 1.165) is 30.4 Å². The Morgan fingerprint density at radius 1 is 0.627 bits per heavy atom. The van der Waals surface area contributed by atoms with Gasteiger partial charge in [-0.15, -0.1) is 0 Å². The zero-order chi connectivity index (χ0) is 43.8. The molecule has 0 unspecified atom stereocenters. The predicted octanol–water partition coefficient (Wildman–Crippen LogP) is 5.23. The van der Waals surface area contributed by atoms with Crippen LogP contribution in [0.3, 0.4) is 0 Å². The SMILES string of the molecule is CC(C)(Cc1ccc(O)c(O)c1)C(=O)O.O=C(NCCc1ccc(O)c(O)c1)Oc1ccc(/C(=C2\C=CC(=O)C(C(=O)O)=C2)c2ccc(O)c(C(=O)O)c2)cc1C(=O)O. The maximum Gasteiger partial charge on any atom is 0.412 e. The van der Waals surface area contributed by atoms with Crippen molar-refractivity contribution in [1.29, 1.82) is 0 Å². The van der Waals surface area contributed by atoms with Crippen molar-refractivity contribution in [1.82, 2.24) is 5.32 Å². The van der Waals surface area contributed by atoms with Crippen LogP contribution in [0.25, 0.3) is 5.57 Å². The topological polar surface area (TPSA) is 306 Å². The Morgan fingerprint density at radius 3 is 1.73 bits per heavy atom. The van der Waals surface area contributed by atoms with E-state index in [1.165, 1.54) is 54.6 Å². The van der Waals surface area contributed by atoms with Crippen LogP contribution in [0.1, 0.15) is 56.8 Å². The monoisotopic (exact) mass is 811 g/mol. The lowest BCUT2D eigenvalue weighted by molar-refractivity contribution is -0.146. The van der Waals surface area contributed by atoms with Crippen molar-refractivity contribution < 1.29 is 79.5 Å². The minimum Gasteiger partial charge on any atom is -0.507 e. The molecule has 1 aliphatic carbocycles. The standard InChI is InChI=1S/C31H23NO12.C11H14O4/c33-22-6-2-16(12-19(22)28(37)38)27(17-3-7-23(34)20(13-17)29(39)40)18-4-8-26(21(14-18)30(41)42)44-31(43)32-10-9-15-1-5-24(35)25(36)11-15;1-11(2,10(14)15)6-7-3-4-8(12)9(13)5-7/h1-8,11-14,33,35-36H,9-10H2,(H,32,43)(H,37,38)(H,39,40)(H,41,42);3-5,12-13H,6H2,1-2H3,(H,14,15)/b27-17+;. The van der Waals surface area contributed by atoms with Gasteiger partial charge in [-0.05, 0) is 121 Å². The molecule has 306 valence electrons. The molecule has 0 radical (unpaired) electrons. The maximum atomic E-state index is 12.4. The molecule has 1 aliphatic rings. The van der Waals surface area contributed by atoms with Crippen LogP contribution < -0.4 is 10.1 Å². The van der Waals surface area contributed by atoms with Gasteiger partial charge in [0.1, 0.15) is 28.2 Å². The molecule has 0 aliphatic heterocycles. The van der Waals surface area contributed by atoms with Gasteiger partial charge < -0.3 is 56.0 Å². The van der Waals surface area contributed by atoms with E-state index in [4.69, 9.17) is 14.9 Å². The van der Waals surface area contributed by atoms with E-state index in [1.807, 2.05) is 0 Å². The third kappa shape index (κ3) is 11.0. The highest BCUT2D eigenvalue weighted by molar-refractivity contribution is 6.23. The molecule has 17 heteroatoms. The Kier molecular flexibility index (Phi) is 13.5. The number of amides is 1. The summed E-state index contributed by atoms with van der Waals surface area (Å²) >= 11 is 0. The number of carbonyl (C=O) groups is 6. The molecule has 4 aromatic carbocycles. The second kappa shape index (κ2) is 18.2. The second-order valence-corrected chi connectivity index (χ2v) is 13.5. The third-order valence-corrected chi connectivity index (χ3v) is 8.70. The highest BCUT2D eigenvalue weighted by Gasteiger charge is 2.28. The zero-order valence-electron chi connectivity index (χ0n) is 31.2. The number of aliphatic carboxylic acids is 2. The van der Waals surface area contributed by atoms with Crippen LogP contribution in [0, 0.1) is 5.41 Å². The molecule has 0 spiro atoms. The number of ketones is 1. The van der Waals surface area contributed by atoms with Crippen molar-refractivity contribution >= 4 is 41.3 Å². The largest absolute Gasteiger partial charge is 0.507 e. The van der Waals surface area contributed by atoms with Crippen LogP contribution in [0.5, 0.6) is 34.5 Å². The summed E-state index contributed by atoms with van der Waals surface area (Å²) in [6, 6.07) is 15.6. The van der Waals surface area contributed by atoms with Gasteiger partial charge in [-0.1, -0.05) is 30.3 Å². The molecule has 17 nitrogen and oxygen atoms in total. The molecule has 5 rings (SSSR count). The molecule has 0 fully saturated rings. The lowest BCUT2D eigenvalue weighted by atomic mass is 9.86. The van der Waals surface area contributed by atoms with Crippen LogP contribution in [0.4, 0.5) is 4.79 Å². The normalized spacial score (nSPS) is 13.0. The Hall–Kier alpha value is -8.08. The molecule has 0 aromatic heterocycles. The fourth-order valence-corrected chi connectivity index (χ4v) is 5.59. The van der Waals surface area contributed by atoms with Gasteiger partial charge in [0.2, 0.25) is 0 Å². The first-order valence-electron chi connectivity index (χ1n) is 17.2.